The molecule has 1 N–H and O–H groups in total. The molecule has 5 nitrogen and oxygen atoms in total. The van der Waals surface area contributed by atoms with Gasteiger partial charge in [-0.3, -0.25) is 9.59 Å². The van der Waals surface area contributed by atoms with Gasteiger partial charge in [0.05, 0.1) is 0 Å². The van der Waals surface area contributed by atoms with Gasteiger partial charge in [0.2, 0.25) is 5.91 Å². The number of hydrogen-bond acceptors (Lipinski definition) is 3. The Hall–Kier alpha value is -1.88. The Morgan fingerprint density at radius 2 is 1.93 bits per heavy atom. The van der Waals surface area contributed by atoms with Crippen LogP contribution in [0.3, 0.4) is 0 Å². The zero-order chi connectivity index (χ0) is 19.7. The van der Waals surface area contributed by atoms with Crippen molar-refractivity contribution in [3.05, 3.63) is 35.4 Å². The van der Waals surface area contributed by atoms with Crippen molar-refractivity contribution in [2.45, 2.75) is 64.6 Å². The minimum atomic E-state index is -0.411. The lowest BCUT2D eigenvalue weighted by Gasteiger charge is -2.44. The third-order valence-corrected chi connectivity index (χ3v) is 6.85. The van der Waals surface area contributed by atoms with E-state index in [1.54, 1.807) is 4.90 Å². The van der Waals surface area contributed by atoms with Gasteiger partial charge < -0.3 is 15.1 Å². The third kappa shape index (κ3) is 3.69. The number of rotatable bonds is 5. The predicted octanol–water partition coefficient (Wildman–Crippen LogP) is 3.05. The second kappa shape index (κ2) is 8.24. The van der Waals surface area contributed by atoms with Gasteiger partial charge in [-0.05, 0) is 62.2 Å². The van der Waals surface area contributed by atoms with E-state index in [0.29, 0.717) is 18.5 Å². The first-order chi connectivity index (χ1) is 13.6. The Kier molecular flexibility index (Phi) is 5.72. The lowest BCUT2D eigenvalue weighted by molar-refractivity contribution is -0.127. The topological polar surface area (TPSA) is 52.7 Å². The minimum Gasteiger partial charge on any atom is -0.354 e. The lowest BCUT2D eigenvalue weighted by Crippen LogP contribution is -2.54. The summed E-state index contributed by atoms with van der Waals surface area (Å²) in [5, 5.41) is 3.23. The van der Waals surface area contributed by atoms with E-state index in [1.165, 1.54) is 45.2 Å². The Bertz CT molecular complexity index is 730. The van der Waals surface area contributed by atoms with Gasteiger partial charge in [0.1, 0.15) is 6.04 Å². The van der Waals surface area contributed by atoms with Crippen molar-refractivity contribution in [1.29, 1.82) is 0 Å². The Morgan fingerprint density at radius 3 is 2.71 bits per heavy atom. The van der Waals surface area contributed by atoms with Crippen LogP contribution in [0.1, 0.15) is 61.9 Å². The van der Waals surface area contributed by atoms with E-state index >= 15 is 0 Å². The number of fused-ring (bicyclic) bond motifs is 2. The summed E-state index contributed by atoms with van der Waals surface area (Å²) in [6.45, 7) is 7.76. The number of carbonyl (C=O) groups excluding carboxylic acids is 2. The molecular weight excluding hydrogens is 350 g/mol. The smallest absolute Gasteiger partial charge is 0.255 e. The molecule has 5 heteroatoms. The number of carbonyl (C=O) groups is 2. The summed E-state index contributed by atoms with van der Waals surface area (Å²) in [7, 11) is 0. The van der Waals surface area contributed by atoms with Crippen molar-refractivity contribution in [3.8, 4) is 0 Å². The number of nitrogens with zero attached hydrogens (tertiary/aromatic N) is 2. The van der Waals surface area contributed by atoms with Crippen LogP contribution in [0.2, 0.25) is 0 Å². The van der Waals surface area contributed by atoms with Gasteiger partial charge in [-0.2, -0.15) is 0 Å². The van der Waals surface area contributed by atoms with E-state index in [4.69, 9.17) is 0 Å². The van der Waals surface area contributed by atoms with Gasteiger partial charge in [0.25, 0.3) is 5.91 Å². The molecule has 3 aliphatic heterocycles. The molecular formula is C23H33N3O2. The maximum Gasteiger partial charge on any atom is 0.255 e. The monoisotopic (exact) mass is 383 g/mol. The van der Waals surface area contributed by atoms with E-state index in [9.17, 15) is 9.59 Å². The highest BCUT2D eigenvalue weighted by Gasteiger charge is 2.39. The van der Waals surface area contributed by atoms with Crippen LogP contribution < -0.4 is 5.32 Å². The molecule has 0 spiro atoms. The quantitative estimate of drug-likeness (QED) is 0.850. The first-order valence-corrected chi connectivity index (χ1v) is 11.0. The van der Waals surface area contributed by atoms with Gasteiger partial charge in [0, 0.05) is 24.7 Å². The molecule has 0 saturated carbocycles. The standard InChI is InChI=1S/C23H33N3O2/c1-16(2)21(26-15-18-8-3-4-10-19(18)23(26)28)22(27)24-14-17-9-7-13-25-12-6-5-11-20(17)25/h3-4,8,10,16-17,20-21H,5-7,9,11-15H2,1-2H3,(H,24,27). The summed E-state index contributed by atoms with van der Waals surface area (Å²) >= 11 is 0. The van der Waals surface area contributed by atoms with E-state index in [2.05, 4.69) is 10.2 Å². The molecule has 3 heterocycles. The number of amides is 2. The molecule has 2 amide bonds. The summed E-state index contributed by atoms with van der Waals surface area (Å²) < 4.78 is 0. The molecule has 1 aromatic carbocycles. The maximum atomic E-state index is 13.2. The van der Waals surface area contributed by atoms with Crippen LogP contribution in [-0.4, -0.2) is 53.3 Å². The van der Waals surface area contributed by atoms with Crippen molar-refractivity contribution >= 4 is 11.8 Å². The molecule has 1 aromatic rings. The molecule has 28 heavy (non-hydrogen) atoms. The number of piperidine rings is 2. The molecule has 152 valence electrons. The van der Waals surface area contributed by atoms with Crippen LogP contribution in [0.4, 0.5) is 0 Å². The fourth-order valence-corrected chi connectivity index (χ4v) is 5.46. The second-order valence-electron chi connectivity index (χ2n) is 9.03. The van der Waals surface area contributed by atoms with Crippen molar-refractivity contribution in [2.75, 3.05) is 19.6 Å². The zero-order valence-electron chi connectivity index (χ0n) is 17.2. The molecule has 2 saturated heterocycles. The SMILES string of the molecule is CC(C)C(C(=O)NCC1CCCN2CCCCC12)N1Cc2ccccc2C1=O. The molecule has 4 rings (SSSR count). The molecule has 3 atom stereocenters. The Labute approximate surface area is 168 Å². The molecule has 0 bridgehead atoms. The van der Waals surface area contributed by atoms with E-state index in [-0.39, 0.29) is 17.7 Å². The highest BCUT2D eigenvalue weighted by Crippen LogP contribution is 2.31. The fourth-order valence-electron chi connectivity index (χ4n) is 5.46. The number of hydrogen-bond donors (Lipinski definition) is 1. The molecule has 3 unspecified atom stereocenters. The first-order valence-electron chi connectivity index (χ1n) is 11.0. The minimum absolute atomic E-state index is 0.00379. The summed E-state index contributed by atoms with van der Waals surface area (Å²) in [6, 6.07) is 7.92. The van der Waals surface area contributed by atoms with Crippen molar-refractivity contribution in [2.24, 2.45) is 11.8 Å². The molecule has 3 aliphatic rings. The van der Waals surface area contributed by atoms with Crippen molar-refractivity contribution in [1.82, 2.24) is 15.1 Å². The van der Waals surface area contributed by atoms with Crippen LogP contribution in [-0.2, 0) is 11.3 Å². The normalized spacial score (nSPS) is 26.1. The average Bonchev–Trinajstić information content (AvgIpc) is 3.03. The van der Waals surface area contributed by atoms with Gasteiger partial charge in [-0.25, -0.2) is 0 Å². The van der Waals surface area contributed by atoms with Crippen LogP contribution >= 0.6 is 0 Å². The van der Waals surface area contributed by atoms with Gasteiger partial charge >= 0.3 is 0 Å². The van der Waals surface area contributed by atoms with Gasteiger partial charge in [-0.1, -0.05) is 38.5 Å². The van der Waals surface area contributed by atoms with Gasteiger partial charge in [0.15, 0.2) is 0 Å². The van der Waals surface area contributed by atoms with Crippen molar-refractivity contribution in [3.63, 3.8) is 0 Å². The van der Waals surface area contributed by atoms with Crippen molar-refractivity contribution < 1.29 is 9.59 Å². The molecule has 0 radical (unpaired) electrons. The largest absolute Gasteiger partial charge is 0.354 e. The predicted molar refractivity (Wildman–Crippen MR) is 110 cm³/mol. The first kappa shape index (κ1) is 19.4. The Balaban J connectivity index is 1.41. The highest BCUT2D eigenvalue weighted by molar-refractivity contribution is 6.01. The average molecular weight is 384 g/mol. The highest BCUT2D eigenvalue weighted by atomic mass is 16.2. The number of benzene rings is 1. The van der Waals surface area contributed by atoms with Crippen LogP contribution in [0.25, 0.3) is 0 Å². The second-order valence-corrected chi connectivity index (χ2v) is 9.03. The summed E-state index contributed by atoms with van der Waals surface area (Å²) in [4.78, 5) is 30.4. The maximum absolute atomic E-state index is 13.2. The van der Waals surface area contributed by atoms with E-state index in [1.807, 2.05) is 38.1 Å². The molecule has 0 aliphatic carbocycles. The summed E-state index contributed by atoms with van der Waals surface area (Å²) in [5.74, 6) is 0.609. The Morgan fingerprint density at radius 1 is 1.14 bits per heavy atom. The van der Waals surface area contributed by atoms with Gasteiger partial charge in [-0.15, -0.1) is 0 Å². The van der Waals surface area contributed by atoms with E-state index in [0.717, 1.165) is 17.7 Å². The third-order valence-electron chi connectivity index (χ3n) is 6.85. The van der Waals surface area contributed by atoms with E-state index < -0.39 is 6.04 Å². The zero-order valence-corrected chi connectivity index (χ0v) is 17.2. The lowest BCUT2D eigenvalue weighted by atomic mass is 9.83. The summed E-state index contributed by atoms with van der Waals surface area (Å²) in [5.41, 5.74) is 1.77. The van der Waals surface area contributed by atoms with Crippen LogP contribution in [0.15, 0.2) is 24.3 Å². The number of nitrogens with one attached hydrogen (secondary N) is 1. The molecule has 0 aromatic heterocycles. The molecule has 2 fully saturated rings. The summed E-state index contributed by atoms with van der Waals surface area (Å²) in [6.07, 6.45) is 6.30. The van der Waals surface area contributed by atoms with Crippen LogP contribution in [0.5, 0.6) is 0 Å². The fraction of sp³-hybridized carbons (Fsp3) is 0.652. The van der Waals surface area contributed by atoms with Crippen LogP contribution in [0, 0.1) is 11.8 Å².